The monoisotopic (exact) mass is 292 g/mol. The van der Waals surface area contributed by atoms with Crippen LogP contribution in [0.15, 0.2) is 23.2 Å². The molecule has 0 unspecified atom stereocenters. The number of aliphatic imine (C=N–C) groups is 1. The lowest BCUT2D eigenvalue weighted by molar-refractivity contribution is 0.0968. The molecule has 114 valence electrons. The summed E-state index contributed by atoms with van der Waals surface area (Å²) in [6.45, 7) is 2.95. The molecule has 6 heteroatoms. The minimum atomic E-state index is -0.288. The minimum Gasteiger partial charge on any atom is -0.468 e. The molecule has 21 heavy (non-hydrogen) atoms. The number of rotatable bonds is 5. The van der Waals surface area contributed by atoms with Crippen LogP contribution in [0.4, 0.5) is 0 Å². The van der Waals surface area contributed by atoms with Crippen molar-refractivity contribution in [2.75, 3.05) is 20.4 Å². The maximum atomic E-state index is 12.1. The first-order chi connectivity index (χ1) is 10.2. The Morgan fingerprint density at radius 1 is 1.33 bits per heavy atom. The van der Waals surface area contributed by atoms with Gasteiger partial charge in [-0.3, -0.25) is 10.1 Å². The Bertz CT molecular complexity index is 528. The van der Waals surface area contributed by atoms with Crippen LogP contribution in [-0.4, -0.2) is 32.4 Å². The molecule has 1 aromatic carbocycles. The minimum absolute atomic E-state index is 0.183. The van der Waals surface area contributed by atoms with E-state index in [2.05, 4.69) is 17.2 Å². The topological polar surface area (TPSA) is 69.2 Å². The summed E-state index contributed by atoms with van der Waals surface area (Å²) in [6, 6.07) is 5.26. The Morgan fingerprint density at radius 3 is 2.90 bits per heavy atom. The van der Waals surface area contributed by atoms with Gasteiger partial charge in [0.05, 0.1) is 7.11 Å². The first-order valence-electron chi connectivity index (χ1n) is 7.04. The Balaban J connectivity index is 1.96. The lowest BCUT2D eigenvalue weighted by Crippen LogP contribution is -2.32. The molecular weight excluding hydrogens is 272 g/mol. The third-order valence-electron chi connectivity index (χ3n) is 3.07. The van der Waals surface area contributed by atoms with Gasteiger partial charge in [0.1, 0.15) is 0 Å². The summed E-state index contributed by atoms with van der Waals surface area (Å²) in [5.74, 6) is 0.928. The van der Waals surface area contributed by atoms with Crippen molar-refractivity contribution in [1.29, 1.82) is 0 Å². The first kappa shape index (κ1) is 15.2. The van der Waals surface area contributed by atoms with Gasteiger partial charge in [-0.25, -0.2) is 4.99 Å². The molecule has 2 rings (SSSR count). The average molecular weight is 292 g/mol. The Labute approximate surface area is 124 Å². The van der Waals surface area contributed by atoms with Crippen molar-refractivity contribution in [3.05, 3.63) is 23.8 Å². The van der Waals surface area contributed by atoms with Crippen LogP contribution in [0.1, 0.15) is 36.5 Å². The molecule has 0 spiro atoms. The highest BCUT2D eigenvalue weighted by Gasteiger charge is 2.17. The summed E-state index contributed by atoms with van der Waals surface area (Å²) in [4.78, 5) is 16.4. The molecule has 1 N–H and O–H groups in total. The van der Waals surface area contributed by atoms with Gasteiger partial charge in [-0.05, 0) is 24.6 Å². The molecule has 1 heterocycles. The van der Waals surface area contributed by atoms with Crippen molar-refractivity contribution >= 4 is 11.9 Å². The fourth-order valence-corrected chi connectivity index (χ4v) is 1.90. The van der Waals surface area contributed by atoms with E-state index in [1.807, 2.05) is 0 Å². The van der Waals surface area contributed by atoms with E-state index in [1.165, 1.54) is 7.11 Å². The lowest BCUT2D eigenvalue weighted by Gasteiger charge is -2.08. The number of carbonyl (C=O) groups is 1. The highest BCUT2D eigenvalue weighted by atomic mass is 16.7. The second-order valence-electron chi connectivity index (χ2n) is 4.62. The molecule has 0 bridgehead atoms. The maximum absolute atomic E-state index is 12.1. The summed E-state index contributed by atoms with van der Waals surface area (Å²) in [6.07, 6.45) is 3.21. The van der Waals surface area contributed by atoms with E-state index in [1.54, 1.807) is 18.2 Å². The van der Waals surface area contributed by atoms with Gasteiger partial charge in [0.15, 0.2) is 11.5 Å². The largest absolute Gasteiger partial charge is 0.468 e. The Morgan fingerprint density at radius 2 is 2.14 bits per heavy atom. The van der Waals surface area contributed by atoms with Gasteiger partial charge < -0.3 is 14.2 Å². The second-order valence-corrected chi connectivity index (χ2v) is 4.62. The van der Waals surface area contributed by atoms with Gasteiger partial charge in [-0.1, -0.05) is 19.8 Å². The standard InChI is InChI=1S/C15H20N2O4/c1-3-4-5-8-16-15(19-2)17-14(18)11-6-7-12-13(9-11)21-10-20-12/h6-7,9H,3-5,8,10H2,1-2H3,(H,16,17,18). The zero-order valence-corrected chi connectivity index (χ0v) is 12.3. The second kappa shape index (κ2) is 7.52. The number of fused-ring (bicyclic) bond motifs is 1. The first-order valence-corrected chi connectivity index (χ1v) is 7.04. The smallest absolute Gasteiger partial charge is 0.291 e. The number of benzene rings is 1. The average Bonchev–Trinajstić information content (AvgIpc) is 2.97. The number of methoxy groups -OCH3 is 1. The lowest BCUT2D eigenvalue weighted by atomic mass is 10.2. The third kappa shape index (κ3) is 4.11. The number of amidine groups is 1. The van der Waals surface area contributed by atoms with E-state index in [4.69, 9.17) is 14.2 Å². The molecule has 0 saturated heterocycles. The third-order valence-corrected chi connectivity index (χ3v) is 3.07. The summed E-state index contributed by atoms with van der Waals surface area (Å²) >= 11 is 0. The summed E-state index contributed by atoms with van der Waals surface area (Å²) < 4.78 is 15.5. The van der Waals surface area contributed by atoms with Crippen LogP contribution in [0, 0.1) is 0 Å². The van der Waals surface area contributed by atoms with Crippen molar-refractivity contribution in [3.8, 4) is 11.5 Å². The molecular formula is C15H20N2O4. The number of nitrogens with one attached hydrogen (secondary N) is 1. The maximum Gasteiger partial charge on any atom is 0.291 e. The van der Waals surface area contributed by atoms with E-state index in [0.717, 1.165) is 19.3 Å². The number of ether oxygens (including phenoxy) is 3. The molecule has 6 nitrogen and oxygen atoms in total. The molecule has 0 saturated carbocycles. The molecule has 0 fully saturated rings. The van der Waals surface area contributed by atoms with Crippen LogP contribution in [0.2, 0.25) is 0 Å². The van der Waals surface area contributed by atoms with E-state index >= 15 is 0 Å². The van der Waals surface area contributed by atoms with Gasteiger partial charge in [0.2, 0.25) is 6.79 Å². The zero-order valence-electron chi connectivity index (χ0n) is 12.3. The molecule has 1 aromatic rings. The van der Waals surface area contributed by atoms with Gasteiger partial charge in [0, 0.05) is 12.1 Å². The fraction of sp³-hybridized carbons (Fsp3) is 0.467. The van der Waals surface area contributed by atoms with Crippen LogP contribution in [0.25, 0.3) is 0 Å². The van der Waals surface area contributed by atoms with E-state index in [0.29, 0.717) is 23.6 Å². The zero-order chi connectivity index (χ0) is 15.1. The normalized spacial score (nSPS) is 13.1. The summed E-state index contributed by atoms with van der Waals surface area (Å²) in [7, 11) is 1.48. The Kier molecular flexibility index (Phi) is 5.43. The number of carbonyl (C=O) groups excluding carboxylic acids is 1. The van der Waals surface area contributed by atoms with Crippen molar-refractivity contribution in [3.63, 3.8) is 0 Å². The van der Waals surface area contributed by atoms with E-state index in [9.17, 15) is 4.79 Å². The van der Waals surface area contributed by atoms with E-state index in [-0.39, 0.29) is 18.7 Å². The summed E-state index contributed by atoms with van der Waals surface area (Å²) in [5, 5.41) is 2.64. The van der Waals surface area contributed by atoms with Crippen LogP contribution in [0.5, 0.6) is 11.5 Å². The van der Waals surface area contributed by atoms with Crippen LogP contribution >= 0.6 is 0 Å². The number of unbranched alkanes of at least 4 members (excludes halogenated alkanes) is 2. The molecule has 0 aromatic heterocycles. The van der Waals surface area contributed by atoms with Gasteiger partial charge in [0.25, 0.3) is 11.9 Å². The number of hydrogen-bond acceptors (Lipinski definition) is 5. The van der Waals surface area contributed by atoms with Crippen molar-refractivity contribution in [2.45, 2.75) is 26.2 Å². The number of hydrogen-bond donors (Lipinski definition) is 1. The molecule has 0 atom stereocenters. The van der Waals surface area contributed by atoms with Crippen LogP contribution in [-0.2, 0) is 4.74 Å². The highest BCUT2D eigenvalue weighted by Crippen LogP contribution is 2.32. The van der Waals surface area contributed by atoms with Crippen molar-refractivity contribution in [1.82, 2.24) is 5.32 Å². The molecule has 0 radical (unpaired) electrons. The van der Waals surface area contributed by atoms with Gasteiger partial charge in [-0.15, -0.1) is 0 Å². The number of amides is 1. The van der Waals surface area contributed by atoms with Gasteiger partial charge >= 0.3 is 0 Å². The predicted molar refractivity (Wildman–Crippen MR) is 78.9 cm³/mol. The van der Waals surface area contributed by atoms with Crippen molar-refractivity contribution < 1.29 is 19.0 Å². The molecule has 1 amide bonds. The van der Waals surface area contributed by atoms with E-state index < -0.39 is 0 Å². The fourth-order valence-electron chi connectivity index (χ4n) is 1.90. The number of nitrogens with zero attached hydrogens (tertiary/aromatic N) is 1. The van der Waals surface area contributed by atoms with Crippen LogP contribution < -0.4 is 14.8 Å². The predicted octanol–water partition coefficient (Wildman–Crippen LogP) is 2.34. The highest BCUT2D eigenvalue weighted by molar-refractivity contribution is 6.04. The summed E-state index contributed by atoms with van der Waals surface area (Å²) in [5.41, 5.74) is 0.470. The Hall–Kier alpha value is -2.24. The molecule has 0 aliphatic carbocycles. The molecule has 1 aliphatic heterocycles. The van der Waals surface area contributed by atoms with Crippen LogP contribution in [0.3, 0.4) is 0 Å². The quantitative estimate of drug-likeness (QED) is 0.514. The SMILES string of the molecule is CCCCCN=C(NC(=O)c1ccc2c(c1)OCO2)OC. The molecule has 1 aliphatic rings. The van der Waals surface area contributed by atoms with Gasteiger partial charge in [-0.2, -0.15) is 0 Å². The van der Waals surface area contributed by atoms with Crippen molar-refractivity contribution in [2.24, 2.45) is 4.99 Å².